The van der Waals surface area contributed by atoms with Crippen molar-refractivity contribution in [3.63, 3.8) is 0 Å². The van der Waals surface area contributed by atoms with Crippen LogP contribution < -0.4 is 0 Å². The maximum Gasteiger partial charge on any atom is 0.472 e. The van der Waals surface area contributed by atoms with E-state index in [9.17, 15) is 14.3 Å². The summed E-state index contributed by atoms with van der Waals surface area (Å²) in [6, 6.07) is 0. The molecule has 0 heterocycles. The van der Waals surface area contributed by atoms with Crippen LogP contribution in [0.3, 0.4) is 0 Å². The Kier molecular flexibility index (Phi) is 37.2. The summed E-state index contributed by atoms with van der Waals surface area (Å²) in [5, 5.41) is 0. The Morgan fingerprint density at radius 3 is 1.43 bits per heavy atom. The van der Waals surface area contributed by atoms with Crippen molar-refractivity contribution >= 4 is 13.8 Å². The molecule has 0 saturated carbocycles. The minimum Gasteiger partial charge on any atom is -0.457 e. The third-order valence-electron chi connectivity index (χ3n) is 9.49. The Balaban J connectivity index is 4.25. The van der Waals surface area contributed by atoms with E-state index in [-0.39, 0.29) is 25.8 Å². The van der Waals surface area contributed by atoms with E-state index >= 15 is 0 Å². The van der Waals surface area contributed by atoms with Crippen LogP contribution in [0.25, 0.3) is 0 Å². The average Bonchev–Trinajstić information content (AvgIpc) is 3.11. The molecule has 1 unspecified atom stereocenters. The Hall–Kier alpha value is -1.02. The van der Waals surface area contributed by atoms with E-state index in [0.717, 1.165) is 44.9 Å². The summed E-state index contributed by atoms with van der Waals surface area (Å²) in [6.45, 7) is 5.60. The number of hydrogen-bond acceptors (Lipinski definition) is 6. The van der Waals surface area contributed by atoms with Crippen molar-refractivity contribution in [1.82, 2.24) is 0 Å². The van der Waals surface area contributed by atoms with Crippen LogP contribution in [-0.4, -0.2) is 75.6 Å². The third kappa shape index (κ3) is 42.0. The van der Waals surface area contributed by atoms with Gasteiger partial charge in [0.2, 0.25) is 0 Å². The van der Waals surface area contributed by atoms with E-state index < -0.39 is 13.9 Å². The fourth-order valence-electron chi connectivity index (χ4n) is 6.01. The lowest BCUT2D eigenvalue weighted by atomic mass is 10.1. The molecule has 0 aliphatic carbocycles. The van der Waals surface area contributed by atoms with Crippen molar-refractivity contribution in [2.24, 2.45) is 0 Å². The van der Waals surface area contributed by atoms with E-state index in [1.54, 1.807) is 0 Å². The summed E-state index contributed by atoms with van der Waals surface area (Å²) in [4.78, 5) is 22.9. The molecule has 53 heavy (non-hydrogen) atoms. The molecule has 8 nitrogen and oxygen atoms in total. The maximum absolute atomic E-state index is 12.7. The zero-order valence-electron chi connectivity index (χ0n) is 35.5. The molecule has 0 bridgehead atoms. The predicted molar refractivity (Wildman–Crippen MR) is 224 cm³/mol. The number of phosphoric ester groups is 1. The number of quaternary nitrogens is 1. The van der Waals surface area contributed by atoms with Gasteiger partial charge in [0.1, 0.15) is 19.3 Å². The van der Waals surface area contributed by atoms with Gasteiger partial charge in [-0.25, -0.2) is 4.57 Å². The van der Waals surface area contributed by atoms with Crippen LogP contribution >= 0.6 is 7.82 Å². The summed E-state index contributed by atoms with van der Waals surface area (Å²) in [6.07, 6.45) is 42.0. The Morgan fingerprint density at radius 1 is 0.566 bits per heavy atom. The highest BCUT2D eigenvalue weighted by atomic mass is 31.2. The van der Waals surface area contributed by atoms with Crippen molar-refractivity contribution < 1.29 is 37.3 Å². The molecule has 0 amide bonds. The number of hydrogen-bond donors (Lipinski definition) is 1. The number of nitrogens with zero attached hydrogens (tertiary/aromatic N) is 1. The first-order valence-electron chi connectivity index (χ1n) is 22.1. The highest BCUT2D eigenvalue weighted by Crippen LogP contribution is 2.43. The van der Waals surface area contributed by atoms with Crippen LogP contribution in [0.1, 0.15) is 194 Å². The molecule has 1 N–H and O–H groups in total. The van der Waals surface area contributed by atoms with Gasteiger partial charge in [0.15, 0.2) is 0 Å². The molecule has 9 heteroatoms. The lowest BCUT2D eigenvalue weighted by Crippen LogP contribution is -2.37. The molecule has 0 aliphatic rings. The first-order chi connectivity index (χ1) is 25.6. The van der Waals surface area contributed by atoms with Crippen LogP contribution in [0.4, 0.5) is 0 Å². The molecule has 314 valence electrons. The van der Waals surface area contributed by atoms with Crippen LogP contribution in [0.2, 0.25) is 0 Å². The maximum atomic E-state index is 12.7. The summed E-state index contributed by atoms with van der Waals surface area (Å²) in [5.41, 5.74) is 0. The first kappa shape index (κ1) is 52.0. The Labute approximate surface area is 328 Å². The molecular formula is C44H87NO7P+. The minimum absolute atomic E-state index is 0.0870. The second kappa shape index (κ2) is 37.9. The number of carbonyl (C=O) groups is 1. The lowest BCUT2D eigenvalue weighted by Gasteiger charge is -2.24. The summed E-state index contributed by atoms with van der Waals surface area (Å²) < 4.78 is 35.0. The number of carbonyl (C=O) groups excluding carboxylic acids is 1. The van der Waals surface area contributed by atoms with E-state index in [1.165, 1.54) is 128 Å². The van der Waals surface area contributed by atoms with Gasteiger partial charge >= 0.3 is 13.8 Å². The van der Waals surface area contributed by atoms with Gasteiger partial charge in [0, 0.05) is 13.0 Å². The zero-order chi connectivity index (χ0) is 39.1. The zero-order valence-corrected chi connectivity index (χ0v) is 36.4. The third-order valence-corrected chi connectivity index (χ3v) is 10.5. The normalized spacial score (nSPS) is 14.0. The number of rotatable bonds is 41. The smallest absolute Gasteiger partial charge is 0.457 e. The van der Waals surface area contributed by atoms with Crippen molar-refractivity contribution in [2.75, 3.05) is 54.1 Å². The number of unbranched alkanes of at least 4 members (excludes halogenated alkanes) is 23. The van der Waals surface area contributed by atoms with Crippen molar-refractivity contribution in [3.8, 4) is 0 Å². The van der Waals surface area contributed by atoms with Gasteiger partial charge < -0.3 is 18.9 Å². The fraction of sp³-hybridized carbons (Fsp3) is 0.886. The second-order valence-electron chi connectivity index (χ2n) is 16.1. The monoisotopic (exact) mass is 773 g/mol. The molecule has 0 aromatic rings. The molecule has 0 aromatic heterocycles. The van der Waals surface area contributed by atoms with E-state index in [2.05, 4.69) is 38.2 Å². The molecule has 0 radical (unpaired) electrons. The van der Waals surface area contributed by atoms with Crippen LogP contribution in [0.15, 0.2) is 24.3 Å². The minimum atomic E-state index is -4.27. The molecule has 0 saturated heterocycles. The topological polar surface area (TPSA) is 91.3 Å². The van der Waals surface area contributed by atoms with Gasteiger partial charge in [-0.1, -0.05) is 147 Å². The number of likely N-dealkylation sites (N-methyl/N-ethyl adjacent to an activating group) is 1. The van der Waals surface area contributed by atoms with Gasteiger partial charge in [-0.2, -0.15) is 0 Å². The first-order valence-corrected chi connectivity index (χ1v) is 23.6. The number of allylic oxidation sites excluding steroid dienone is 4. The molecule has 2 atom stereocenters. The summed E-state index contributed by atoms with van der Waals surface area (Å²) in [7, 11) is 1.66. The lowest BCUT2D eigenvalue weighted by molar-refractivity contribution is -0.870. The number of phosphoric acid groups is 1. The highest BCUT2D eigenvalue weighted by Gasteiger charge is 2.26. The standard InChI is InChI=1S/C44H86NO7P/c1-6-8-10-12-14-16-18-20-22-24-26-28-30-32-34-36-39-49-41-43(42-51-53(47,48)50-40-38-45(3,4)5)52-44(46)37-35-33-31-29-27-25-23-21-19-17-15-13-11-9-7-2/h20-23,43H,6-19,24-42H2,1-5H3/p+1/t43-/m1/s1. The van der Waals surface area contributed by atoms with Gasteiger partial charge in [-0.15, -0.1) is 0 Å². The van der Waals surface area contributed by atoms with Crippen molar-refractivity contribution in [1.29, 1.82) is 0 Å². The van der Waals surface area contributed by atoms with Crippen LogP contribution in [0.5, 0.6) is 0 Å². The van der Waals surface area contributed by atoms with Crippen LogP contribution in [-0.2, 0) is 27.9 Å². The van der Waals surface area contributed by atoms with Crippen molar-refractivity contribution in [3.05, 3.63) is 24.3 Å². The van der Waals surface area contributed by atoms with E-state index in [0.29, 0.717) is 24.1 Å². The molecule has 0 rings (SSSR count). The van der Waals surface area contributed by atoms with E-state index in [4.69, 9.17) is 18.5 Å². The summed E-state index contributed by atoms with van der Waals surface area (Å²) >= 11 is 0. The number of esters is 1. The Bertz CT molecular complexity index is 905. The number of ether oxygens (including phenoxy) is 2. The highest BCUT2D eigenvalue weighted by molar-refractivity contribution is 7.47. The average molecular weight is 773 g/mol. The van der Waals surface area contributed by atoms with Gasteiger partial charge in [-0.05, 0) is 64.2 Å². The van der Waals surface area contributed by atoms with E-state index in [1.807, 2.05) is 21.1 Å². The largest absolute Gasteiger partial charge is 0.472 e. The quantitative estimate of drug-likeness (QED) is 0.0217. The molecular weight excluding hydrogens is 685 g/mol. The SMILES string of the molecule is CCCCCCCCC=CCCCCCCCCOC[C@H](COP(=O)(O)OCC[N+](C)(C)C)OC(=O)CCCCCCCC=CCCCCCCCC. The van der Waals surface area contributed by atoms with Gasteiger partial charge in [0.25, 0.3) is 0 Å². The van der Waals surface area contributed by atoms with Crippen molar-refractivity contribution in [2.45, 2.75) is 200 Å². The predicted octanol–water partition coefficient (Wildman–Crippen LogP) is 12.8. The second-order valence-corrected chi connectivity index (χ2v) is 17.5. The van der Waals surface area contributed by atoms with Crippen LogP contribution in [0, 0.1) is 0 Å². The molecule has 0 aliphatic heterocycles. The molecule has 0 aromatic carbocycles. The Morgan fingerprint density at radius 2 is 0.981 bits per heavy atom. The van der Waals surface area contributed by atoms with Gasteiger partial charge in [-0.3, -0.25) is 13.8 Å². The molecule has 0 spiro atoms. The molecule has 0 fully saturated rings. The fourth-order valence-corrected chi connectivity index (χ4v) is 6.75. The van der Waals surface area contributed by atoms with Gasteiger partial charge in [0.05, 0.1) is 34.4 Å². The summed E-state index contributed by atoms with van der Waals surface area (Å²) in [5.74, 6) is -0.323.